The predicted octanol–water partition coefficient (Wildman–Crippen LogP) is 12.4. The zero-order valence-corrected chi connectivity index (χ0v) is 27.3. The number of rotatable bonds is 1. The molecule has 0 aliphatic rings. The van der Waals surface area contributed by atoms with Gasteiger partial charge in [-0.05, 0) is 115 Å². The highest BCUT2D eigenvalue weighted by Crippen LogP contribution is 2.37. The van der Waals surface area contributed by atoms with Crippen LogP contribution in [0, 0.1) is 3.57 Å². The molecule has 9 aromatic rings. The molecule has 0 aliphatic carbocycles. The first-order valence-electron chi connectivity index (χ1n) is 13.4. The Bertz CT molecular complexity index is 2420. The molecule has 0 fully saturated rings. The van der Waals surface area contributed by atoms with E-state index >= 15 is 0 Å². The van der Waals surface area contributed by atoms with Crippen LogP contribution in [0.3, 0.4) is 0 Å². The van der Waals surface area contributed by atoms with E-state index in [1.807, 2.05) is 24.3 Å². The second-order valence-electron chi connectivity index (χ2n) is 10.1. The van der Waals surface area contributed by atoms with E-state index in [2.05, 4.69) is 156 Å². The van der Waals surface area contributed by atoms with Crippen molar-refractivity contribution < 1.29 is 8.83 Å². The smallest absolute Gasteiger partial charge is 0.149 e. The van der Waals surface area contributed by atoms with Crippen LogP contribution in [0.15, 0.2) is 139 Å². The fraction of sp³-hybridized carbons (Fsp3) is 0. The van der Waals surface area contributed by atoms with Gasteiger partial charge in [-0.1, -0.05) is 60.7 Å². The zero-order chi connectivity index (χ0) is 28.4. The molecule has 0 saturated carbocycles. The lowest BCUT2D eigenvalue weighted by Gasteiger charge is -2.07. The molecule has 0 aliphatic heterocycles. The molecule has 0 N–H and O–H groups in total. The van der Waals surface area contributed by atoms with Crippen LogP contribution < -0.4 is 0 Å². The van der Waals surface area contributed by atoms with Gasteiger partial charge in [-0.15, -0.1) is 0 Å². The minimum Gasteiger partial charge on any atom is -0.455 e. The van der Waals surface area contributed by atoms with Gasteiger partial charge in [0.1, 0.15) is 22.3 Å². The molecule has 6 aromatic carbocycles. The molecule has 0 amide bonds. The molecule has 9 rings (SSSR count). The monoisotopic (exact) mass is 783 g/mol. The zero-order valence-electron chi connectivity index (χ0n) is 21.9. The molecule has 0 atom stereocenters. The maximum atomic E-state index is 6.07. The number of benzene rings is 6. The Morgan fingerprint density at radius 3 is 1.57 bits per heavy atom. The lowest BCUT2D eigenvalue weighted by Crippen LogP contribution is -1.93. The summed E-state index contributed by atoms with van der Waals surface area (Å²) in [4.78, 5) is 0. The highest BCUT2D eigenvalue weighted by atomic mass is 127. The Labute approximate surface area is 271 Å². The van der Waals surface area contributed by atoms with Crippen LogP contribution in [0.5, 0.6) is 0 Å². The summed E-state index contributed by atoms with van der Waals surface area (Å²) < 4.78 is 17.4. The molecule has 6 heteroatoms. The number of fused-ring (bicyclic) bond motifs is 9. The van der Waals surface area contributed by atoms with Gasteiger partial charge >= 0.3 is 0 Å². The summed E-state index contributed by atoms with van der Waals surface area (Å²) in [5.41, 5.74) is 7.24. The average Bonchev–Trinajstić information content (AvgIpc) is 3.68. The van der Waals surface area contributed by atoms with Crippen molar-refractivity contribution in [3.8, 4) is 5.69 Å². The number of halogens is 3. The van der Waals surface area contributed by atoms with Gasteiger partial charge in [0.2, 0.25) is 0 Å². The Balaban J connectivity index is 0.000000150. The van der Waals surface area contributed by atoms with E-state index in [4.69, 9.17) is 8.83 Å². The molecule has 0 bridgehead atoms. The number of nitrogens with zero attached hydrogens (tertiary/aromatic N) is 1. The molecule has 0 radical (unpaired) electrons. The molecule has 3 aromatic heterocycles. The first-order chi connectivity index (χ1) is 20.6. The molecule has 0 saturated heterocycles. The van der Waals surface area contributed by atoms with Crippen LogP contribution in [0.25, 0.3) is 71.4 Å². The van der Waals surface area contributed by atoms with Crippen molar-refractivity contribution in [2.75, 3.05) is 0 Å². The quantitative estimate of drug-likeness (QED) is 0.155. The first-order valence-corrected chi connectivity index (χ1v) is 16.1. The van der Waals surface area contributed by atoms with E-state index in [0.717, 1.165) is 53.1 Å². The van der Waals surface area contributed by atoms with Gasteiger partial charge < -0.3 is 13.4 Å². The number of hydrogen-bond donors (Lipinski definition) is 0. The van der Waals surface area contributed by atoms with E-state index in [1.165, 1.54) is 30.8 Å². The van der Waals surface area contributed by atoms with E-state index < -0.39 is 0 Å². The summed E-state index contributed by atoms with van der Waals surface area (Å²) in [5, 5.41) is 7.14. The second-order valence-corrected chi connectivity index (χ2v) is 13.1. The van der Waals surface area contributed by atoms with Crippen molar-refractivity contribution in [1.29, 1.82) is 0 Å². The largest absolute Gasteiger partial charge is 0.455 e. The predicted molar refractivity (Wildman–Crippen MR) is 190 cm³/mol. The van der Waals surface area contributed by atoms with Crippen LogP contribution in [0.4, 0.5) is 0 Å². The SMILES string of the molecule is Brc1cccc2c1oc1ccc(-n3c4ccccc4c4ccccc43)cc12.Brc1cccc2c1oc1ccc(I)cc12. The van der Waals surface area contributed by atoms with E-state index in [9.17, 15) is 0 Å². The third-order valence-electron chi connectivity index (χ3n) is 7.68. The topological polar surface area (TPSA) is 31.2 Å². The van der Waals surface area contributed by atoms with Crippen LogP contribution in [0.2, 0.25) is 0 Å². The lowest BCUT2D eigenvalue weighted by molar-refractivity contribution is 0.666. The van der Waals surface area contributed by atoms with Gasteiger partial charge in [-0.25, -0.2) is 0 Å². The summed E-state index contributed by atoms with van der Waals surface area (Å²) in [5.74, 6) is 0. The fourth-order valence-electron chi connectivity index (χ4n) is 5.83. The molecule has 3 heterocycles. The number of aromatic nitrogens is 1. The second kappa shape index (κ2) is 10.3. The summed E-state index contributed by atoms with van der Waals surface area (Å²) in [6.45, 7) is 0. The molecule has 3 nitrogen and oxygen atoms in total. The van der Waals surface area contributed by atoms with Crippen molar-refractivity contribution in [1.82, 2.24) is 4.57 Å². The highest BCUT2D eigenvalue weighted by Gasteiger charge is 2.14. The lowest BCUT2D eigenvalue weighted by atomic mass is 10.1. The normalized spacial score (nSPS) is 11.7. The standard InChI is InChI=1S/C24H14BrNO.C12H6BrIO/c25-20-9-5-8-18-19-14-15(12-13-23(19)27-24(18)20)26-21-10-3-1-6-16(21)17-7-2-4-11-22(17)26;13-10-3-1-2-8-9-6-7(14)4-5-11(9)15-12(8)10/h1-14H;1-6H. The van der Waals surface area contributed by atoms with Gasteiger partial charge in [0, 0.05) is 41.6 Å². The Kier molecular flexibility index (Phi) is 6.39. The van der Waals surface area contributed by atoms with Crippen molar-refractivity contribution in [2.45, 2.75) is 0 Å². The average molecular weight is 785 g/mol. The van der Waals surface area contributed by atoms with Crippen LogP contribution >= 0.6 is 54.5 Å². The van der Waals surface area contributed by atoms with Gasteiger partial charge in [0.25, 0.3) is 0 Å². The van der Waals surface area contributed by atoms with Crippen LogP contribution in [-0.4, -0.2) is 4.57 Å². The van der Waals surface area contributed by atoms with Crippen molar-refractivity contribution in [3.05, 3.63) is 134 Å². The fourth-order valence-corrected chi connectivity index (χ4v) is 7.21. The van der Waals surface area contributed by atoms with E-state index in [0.29, 0.717) is 0 Å². The summed E-state index contributed by atoms with van der Waals surface area (Å²) in [7, 11) is 0. The molecule has 42 heavy (non-hydrogen) atoms. The Morgan fingerprint density at radius 2 is 0.976 bits per heavy atom. The van der Waals surface area contributed by atoms with Gasteiger partial charge in [0.15, 0.2) is 0 Å². The molecular weight excluding hydrogens is 765 g/mol. The number of furan rings is 2. The van der Waals surface area contributed by atoms with Gasteiger partial charge in [0.05, 0.1) is 20.0 Å². The third-order valence-corrected chi connectivity index (χ3v) is 9.60. The molecule has 0 unspecified atom stereocenters. The molecule has 202 valence electrons. The third kappa shape index (κ3) is 4.19. The van der Waals surface area contributed by atoms with Crippen LogP contribution in [0.1, 0.15) is 0 Å². The summed E-state index contributed by atoms with van der Waals surface area (Å²) >= 11 is 9.41. The molecular formula is C36H20Br2INO2. The number of para-hydroxylation sites is 4. The maximum Gasteiger partial charge on any atom is 0.149 e. The van der Waals surface area contributed by atoms with Crippen molar-refractivity contribution in [2.24, 2.45) is 0 Å². The van der Waals surface area contributed by atoms with Gasteiger partial charge in [-0.2, -0.15) is 0 Å². The van der Waals surface area contributed by atoms with E-state index in [-0.39, 0.29) is 0 Å². The first kappa shape index (κ1) is 26.1. The minimum atomic E-state index is 0.895. The van der Waals surface area contributed by atoms with Gasteiger partial charge in [-0.3, -0.25) is 0 Å². The summed E-state index contributed by atoms with van der Waals surface area (Å²) in [6, 6.07) is 42.1. The Hall–Kier alpha value is -3.59. The Morgan fingerprint density at radius 1 is 0.476 bits per heavy atom. The summed E-state index contributed by atoms with van der Waals surface area (Å²) in [6.07, 6.45) is 0. The highest BCUT2D eigenvalue weighted by molar-refractivity contribution is 14.1. The molecule has 0 spiro atoms. The van der Waals surface area contributed by atoms with Crippen molar-refractivity contribution >= 4 is 120 Å². The van der Waals surface area contributed by atoms with Crippen molar-refractivity contribution in [3.63, 3.8) is 0 Å². The minimum absolute atomic E-state index is 0.895. The van der Waals surface area contributed by atoms with E-state index in [1.54, 1.807) is 0 Å². The number of hydrogen-bond acceptors (Lipinski definition) is 2. The van der Waals surface area contributed by atoms with Crippen LogP contribution in [-0.2, 0) is 0 Å². The maximum absolute atomic E-state index is 6.07.